The van der Waals surface area contributed by atoms with Crippen LogP contribution in [0.25, 0.3) is 0 Å². The average molecular weight is 250 g/mol. The Labute approximate surface area is 109 Å². The molecule has 1 fully saturated rings. The fourth-order valence-electron chi connectivity index (χ4n) is 2.37. The lowest BCUT2D eigenvalue weighted by atomic mass is 10.1. The summed E-state index contributed by atoms with van der Waals surface area (Å²) in [4.78, 5) is 2.18. The number of hydrogen-bond donors (Lipinski definition) is 1. The minimum Gasteiger partial charge on any atom is -0.369 e. The monoisotopic (exact) mass is 250 g/mol. The van der Waals surface area contributed by atoms with Gasteiger partial charge in [-0.1, -0.05) is 19.9 Å². The van der Waals surface area contributed by atoms with Gasteiger partial charge in [0.2, 0.25) is 0 Å². The molecule has 1 saturated heterocycles. The Bertz CT molecular complexity index is 384. The highest BCUT2D eigenvalue weighted by molar-refractivity contribution is 5.50. The van der Waals surface area contributed by atoms with Gasteiger partial charge in [-0.25, -0.2) is 4.39 Å². The number of nitrogens with zero attached hydrogens (tertiary/aromatic N) is 1. The molecule has 1 aromatic carbocycles. The van der Waals surface area contributed by atoms with E-state index in [1.165, 1.54) is 19.3 Å². The van der Waals surface area contributed by atoms with Crippen molar-refractivity contribution < 1.29 is 4.39 Å². The molecule has 3 heteroatoms. The van der Waals surface area contributed by atoms with Gasteiger partial charge in [-0.15, -0.1) is 0 Å². The van der Waals surface area contributed by atoms with E-state index in [0.29, 0.717) is 6.04 Å². The first kappa shape index (κ1) is 13.3. The molecule has 1 aromatic rings. The molecule has 1 heterocycles. The van der Waals surface area contributed by atoms with E-state index in [4.69, 9.17) is 0 Å². The van der Waals surface area contributed by atoms with Gasteiger partial charge in [-0.2, -0.15) is 0 Å². The van der Waals surface area contributed by atoms with Gasteiger partial charge in [-0.05, 0) is 37.0 Å². The average Bonchev–Trinajstić information content (AvgIpc) is 2.38. The van der Waals surface area contributed by atoms with Gasteiger partial charge in [-0.3, -0.25) is 0 Å². The molecule has 0 atom stereocenters. The summed E-state index contributed by atoms with van der Waals surface area (Å²) >= 11 is 0. The Morgan fingerprint density at radius 1 is 1.22 bits per heavy atom. The molecule has 0 bridgehead atoms. The van der Waals surface area contributed by atoms with Crippen molar-refractivity contribution >= 4 is 5.69 Å². The molecule has 18 heavy (non-hydrogen) atoms. The Morgan fingerprint density at radius 2 is 1.94 bits per heavy atom. The highest BCUT2D eigenvalue weighted by Crippen LogP contribution is 2.24. The van der Waals surface area contributed by atoms with E-state index >= 15 is 0 Å². The predicted molar refractivity (Wildman–Crippen MR) is 74.4 cm³/mol. The van der Waals surface area contributed by atoms with Crippen LogP contribution in [0, 0.1) is 5.82 Å². The van der Waals surface area contributed by atoms with E-state index in [-0.39, 0.29) is 5.82 Å². The molecule has 0 aromatic heterocycles. The van der Waals surface area contributed by atoms with Gasteiger partial charge in [0.1, 0.15) is 5.82 Å². The summed E-state index contributed by atoms with van der Waals surface area (Å²) in [6, 6.07) is 5.92. The van der Waals surface area contributed by atoms with Crippen LogP contribution < -0.4 is 10.2 Å². The van der Waals surface area contributed by atoms with Crippen LogP contribution in [0.2, 0.25) is 0 Å². The molecule has 0 unspecified atom stereocenters. The largest absolute Gasteiger partial charge is 0.369 e. The maximum absolute atomic E-state index is 13.9. The van der Waals surface area contributed by atoms with E-state index in [1.54, 1.807) is 6.07 Å². The minimum atomic E-state index is -0.0924. The van der Waals surface area contributed by atoms with Crippen LogP contribution in [0.5, 0.6) is 0 Å². The highest BCUT2D eigenvalue weighted by atomic mass is 19.1. The number of piperidine rings is 1. The maximum atomic E-state index is 13.9. The lowest BCUT2D eigenvalue weighted by Crippen LogP contribution is -2.30. The fraction of sp³-hybridized carbons (Fsp3) is 0.600. The van der Waals surface area contributed by atoms with Crippen LogP contribution >= 0.6 is 0 Å². The molecule has 2 nitrogen and oxygen atoms in total. The van der Waals surface area contributed by atoms with Crippen molar-refractivity contribution in [2.24, 2.45) is 0 Å². The molecule has 0 amide bonds. The first-order chi connectivity index (χ1) is 8.66. The SMILES string of the molecule is CC(C)NCc1ccc(F)c(N2CCCCC2)c1. The maximum Gasteiger partial charge on any atom is 0.146 e. The van der Waals surface area contributed by atoms with Gasteiger partial charge in [0.05, 0.1) is 5.69 Å². The van der Waals surface area contributed by atoms with E-state index < -0.39 is 0 Å². The number of benzene rings is 1. The van der Waals surface area contributed by atoms with Crippen molar-refractivity contribution in [3.8, 4) is 0 Å². The molecule has 1 aliphatic heterocycles. The zero-order valence-electron chi connectivity index (χ0n) is 11.4. The predicted octanol–water partition coefficient (Wildman–Crippen LogP) is 3.31. The van der Waals surface area contributed by atoms with Gasteiger partial charge >= 0.3 is 0 Å². The number of nitrogens with one attached hydrogen (secondary N) is 1. The first-order valence-electron chi connectivity index (χ1n) is 6.93. The zero-order valence-corrected chi connectivity index (χ0v) is 11.4. The first-order valence-corrected chi connectivity index (χ1v) is 6.93. The van der Waals surface area contributed by atoms with Gasteiger partial charge in [0.25, 0.3) is 0 Å². The second kappa shape index (κ2) is 6.19. The van der Waals surface area contributed by atoms with Gasteiger partial charge in [0.15, 0.2) is 0 Å². The van der Waals surface area contributed by atoms with Crippen molar-refractivity contribution in [3.05, 3.63) is 29.6 Å². The molecule has 1 aliphatic rings. The highest BCUT2D eigenvalue weighted by Gasteiger charge is 2.15. The number of halogens is 1. The molecule has 1 N–H and O–H groups in total. The Hall–Kier alpha value is -1.09. The topological polar surface area (TPSA) is 15.3 Å². The molecule has 0 saturated carbocycles. The summed E-state index contributed by atoms with van der Waals surface area (Å²) in [6.45, 7) is 7.01. The second-order valence-corrected chi connectivity index (χ2v) is 5.37. The Kier molecular flexibility index (Phi) is 4.59. The third-order valence-electron chi connectivity index (χ3n) is 3.42. The van der Waals surface area contributed by atoms with Crippen molar-refractivity contribution in [2.75, 3.05) is 18.0 Å². The van der Waals surface area contributed by atoms with Crippen molar-refractivity contribution in [1.82, 2.24) is 5.32 Å². The molecular weight excluding hydrogens is 227 g/mol. The molecule has 0 radical (unpaired) electrons. The van der Waals surface area contributed by atoms with Crippen LogP contribution in [0.1, 0.15) is 38.7 Å². The van der Waals surface area contributed by atoms with E-state index in [0.717, 1.165) is 30.9 Å². The quantitative estimate of drug-likeness (QED) is 0.882. The fourth-order valence-corrected chi connectivity index (χ4v) is 2.37. The molecule has 100 valence electrons. The molecule has 2 rings (SSSR count). The number of anilines is 1. The summed E-state index contributed by atoms with van der Waals surface area (Å²) in [6.07, 6.45) is 3.62. The summed E-state index contributed by atoms with van der Waals surface area (Å²) in [5.74, 6) is -0.0924. The van der Waals surface area contributed by atoms with Gasteiger partial charge < -0.3 is 10.2 Å². The van der Waals surface area contributed by atoms with Crippen LogP contribution in [-0.4, -0.2) is 19.1 Å². The number of hydrogen-bond acceptors (Lipinski definition) is 2. The Balaban J connectivity index is 2.10. The summed E-state index contributed by atoms with van der Waals surface area (Å²) < 4.78 is 13.9. The minimum absolute atomic E-state index is 0.0924. The summed E-state index contributed by atoms with van der Waals surface area (Å²) in [5, 5.41) is 3.37. The number of rotatable bonds is 4. The van der Waals surface area contributed by atoms with E-state index in [9.17, 15) is 4.39 Å². The molecule has 0 aliphatic carbocycles. The lowest BCUT2D eigenvalue weighted by Gasteiger charge is -2.29. The van der Waals surface area contributed by atoms with Gasteiger partial charge in [0, 0.05) is 25.7 Å². The normalized spacial score (nSPS) is 16.3. The van der Waals surface area contributed by atoms with Crippen molar-refractivity contribution in [1.29, 1.82) is 0 Å². The summed E-state index contributed by atoms with van der Waals surface area (Å²) in [5.41, 5.74) is 1.93. The lowest BCUT2D eigenvalue weighted by molar-refractivity contribution is 0.554. The molecular formula is C15H23FN2. The molecule has 0 spiro atoms. The van der Waals surface area contributed by atoms with Crippen LogP contribution in [-0.2, 0) is 6.54 Å². The van der Waals surface area contributed by atoms with E-state index in [2.05, 4.69) is 24.1 Å². The van der Waals surface area contributed by atoms with Crippen LogP contribution in [0.4, 0.5) is 10.1 Å². The summed E-state index contributed by atoms with van der Waals surface area (Å²) in [7, 11) is 0. The van der Waals surface area contributed by atoms with Crippen molar-refractivity contribution in [2.45, 2.75) is 45.7 Å². The van der Waals surface area contributed by atoms with Crippen LogP contribution in [0.3, 0.4) is 0 Å². The zero-order chi connectivity index (χ0) is 13.0. The van der Waals surface area contributed by atoms with Crippen LogP contribution in [0.15, 0.2) is 18.2 Å². The Morgan fingerprint density at radius 3 is 2.61 bits per heavy atom. The third-order valence-corrected chi connectivity index (χ3v) is 3.42. The standard InChI is InChI=1S/C15H23FN2/c1-12(2)17-11-13-6-7-14(16)15(10-13)18-8-4-3-5-9-18/h6-7,10,12,17H,3-5,8-9,11H2,1-2H3. The second-order valence-electron chi connectivity index (χ2n) is 5.37. The van der Waals surface area contributed by atoms with Crippen molar-refractivity contribution in [3.63, 3.8) is 0 Å². The smallest absolute Gasteiger partial charge is 0.146 e. The van der Waals surface area contributed by atoms with E-state index in [1.807, 2.05) is 12.1 Å². The third kappa shape index (κ3) is 3.45.